The van der Waals surface area contributed by atoms with Gasteiger partial charge < -0.3 is 4.90 Å². The van der Waals surface area contributed by atoms with Crippen molar-refractivity contribution >= 4 is 17.4 Å². The van der Waals surface area contributed by atoms with E-state index in [-0.39, 0.29) is 6.04 Å². The topological polar surface area (TPSA) is 29.0 Å². The fourth-order valence-electron chi connectivity index (χ4n) is 1.93. The number of halogens is 4. The van der Waals surface area contributed by atoms with E-state index in [0.29, 0.717) is 18.2 Å². The summed E-state index contributed by atoms with van der Waals surface area (Å²) in [6.07, 6.45) is -2.72. The molecule has 108 valence electrons. The summed E-state index contributed by atoms with van der Waals surface area (Å²) in [6.45, 7) is 4.58. The molecule has 1 rings (SSSR count). The van der Waals surface area contributed by atoms with Crippen LogP contribution in [0.2, 0.25) is 0 Å². The van der Waals surface area contributed by atoms with E-state index >= 15 is 0 Å². The Bertz CT molecular complexity index is 377. The second-order valence-electron chi connectivity index (χ2n) is 4.13. The summed E-state index contributed by atoms with van der Waals surface area (Å²) in [7, 11) is 0. The number of hydrogen-bond donors (Lipinski definition) is 0. The summed E-state index contributed by atoms with van der Waals surface area (Å²) in [6, 6.07) is 2.50. The van der Waals surface area contributed by atoms with E-state index in [9.17, 15) is 13.2 Å². The van der Waals surface area contributed by atoms with Gasteiger partial charge in [0.1, 0.15) is 0 Å². The van der Waals surface area contributed by atoms with E-state index in [0.717, 1.165) is 18.9 Å². The third-order valence-electron chi connectivity index (χ3n) is 2.94. The average molecular weight is 296 g/mol. The zero-order chi connectivity index (χ0) is 14.5. The molecule has 0 bridgehead atoms. The molecule has 0 aromatic carbocycles. The maximum absolute atomic E-state index is 12.4. The van der Waals surface area contributed by atoms with Crippen LogP contribution in [0.25, 0.3) is 0 Å². The smallest absolute Gasteiger partial charge is 0.351 e. The quantitative estimate of drug-likeness (QED) is 0.749. The van der Waals surface area contributed by atoms with Crippen LogP contribution in [-0.4, -0.2) is 28.7 Å². The van der Waals surface area contributed by atoms with Crippen molar-refractivity contribution in [1.82, 2.24) is 10.2 Å². The van der Waals surface area contributed by atoms with Gasteiger partial charge in [0.05, 0.1) is 0 Å². The minimum atomic E-state index is -4.46. The molecule has 3 nitrogen and oxygen atoms in total. The van der Waals surface area contributed by atoms with Crippen LogP contribution in [0, 0.1) is 0 Å². The summed E-state index contributed by atoms with van der Waals surface area (Å²) in [5, 5.41) is 6.92. The molecule has 0 aliphatic carbocycles. The Morgan fingerprint density at radius 2 is 1.84 bits per heavy atom. The van der Waals surface area contributed by atoms with Crippen molar-refractivity contribution in [3.63, 3.8) is 0 Å². The average Bonchev–Trinajstić information content (AvgIpc) is 2.38. The molecule has 7 heteroatoms. The lowest BCUT2D eigenvalue weighted by Crippen LogP contribution is -2.37. The van der Waals surface area contributed by atoms with Gasteiger partial charge in [0, 0.05) is 18.5 Å². The van der Waals surface area contributed by atoms with Crippen LogP contribution in [0.3, 0.4) is 0 Å². The Balaban J connectivity index is 2.97. The molecule has 0 saturated heterocycles. The third kappa shape index (κ3) is 4.23. The number of nitrogens with zero attached hydrogens (tertiary/aromatic N) is 3. The summed E-state index contributed by atoms with van der Waals surface area (Å²) >= 11 is 5.74. The van der Waals surface area contributed by atoms with Crippen molar-refractivity contribution in [2.24, 2.45) is 0 Å². The van der Waals surface area contributed by atoms with Crippen molar-refractivity contribution in [3.05, 3.63) is 17.8 Å². The van der Waals surface area contributed by atoms with Crippen molar-refractivity contribution in [3.8, 4) is 0 Å². The lowest BCUT2D eigenvalue weighted by molar-refractivity contribution is -0.141. The van der Waals surface area contributed by atoms with E-state index in [1.54, 1.807) is 0 Å². The standard InChI is InChI=1S/C12H17ClF3N3/c1-3-9(4-2)19(8-7-13)11-6-5-10(17-18-11)12(14,15)16/h5-6,9H,3-4,7-8H2,1-2H3. The molecule has 0 fully saturated rings. The minimum absolute atomic E-state index is 0.199. The van der Waals surface area contributed by atoms with Crippen LogP contribution in [0.15, 0.2) is 12.1 Å². The molecule has 1 aromatic heterocycles. The van der Waals surface area contributed by atoms with Crippen LogP contribution in [0.1, 0.15) is 32.4 Å². The molecular formula is C12H17ClF3N3. The molecule has 0 saturated carbocycles. The van der Waals surface area contributed by atoms with Gasteiger partial charge in [-0.25, -0.2) is 0 Å². The summed E-state index contributed by atoms with van der Waals surface area (Å²) in [4.78, 5) is 1.90. The van der Waals surface area contributed by atoms with E-state index in [2.05, 4.69) is 10.2 Å². The first kappa shape index (κ1) is 16.0. The Hall–Kier alpha value is -1.04. The molecule has 0 aliphatic rings. The molecule has 0 atom stereocenters. The second kappa shape index (κ2) is 6.93. The SMILES string of the molecule is CCC(CC)N(CCCl)c1ccc(C(F)(F)F)nn1. The van der Waals surface area contributed by atoms with E-state index < -0.39 is 11.9 Å². The lowest BCUT2D eigenvalue weighted by atomic mass is 10.1. The molecule has 0 radical (unpaired) electrons. The largest absolute Gasteiger partial charge is 0.435 e. The highest BCUT2D eigenvalue weighted by Crippen LogP contribution is 2.28. The summed E-state index contributed by atoms with van der Waals surface area (Å²) in [5.74, 6) is 0.821. The molecule has 19 heavy (non-hydrogen) atoms. The normalized spacial score (nSPS) is 11.9. The van der Waals surface area contributed by atoms with Crippen LogP contribution >= 0.6 is 11.6 Å². The first-order valence-electron chi connectivity index (χ1n) is 6.17. The molecule has 0 aliphatic heterocycles. The number of rotatable bonds is 6. The fraction of sp³-hybridized carbons (Fsp3) is 0.667. The predicted octanol–water partition coefficient (Wildman–Crippen LogP) is 3.73. The van der Waals surface area contributed by atoms with Crippen LogP contribution in [0.5, 0.6) is 0 Å². The van der Waals surface area contributed by atoms with Crippen LogP contribution in [0.4, 0.5) is 19.0 Å². The Morgan fingerprint density at radius 1 is 1.21 bits per heavy atom. The van der Waals surface area contributed by atoms with Crippen molar-refractivity contribution in [1.29, 1.82) is 0 Å². The van der Waals surface area contributed by atoms with Gasteiger partial charge in [-0.2, -0.15) is 13.2 Å². The minimum Gasteiger partial charge on any atom is -0.351 e. The van der Waals surface area contributed by atoms with Crippen molar-refractivity contribution < 1.29 is 13.2 Å². The molecule has 0 N–H and O–H groups in total. The first-order chi connectivity index (χ1) is 8.93. The molecule has 1 aromatic rings. The lowest BCUT2D eigenvalue weighted by Gasteiger charge is -2.30. The van der Waals surface area contributed by atoms with Gasteiger partial charge in [-0.05, 0) is 25.0 Å². The Labute approximate surface area is 115 Å². The molecule has 0 spiro atoms. The zero-order valence-electron chi connectivity index (χ0n) is 10.9. The maximum atomic E-state index is 12.4. The highest BCUT2D eigenvalue weighted by Gasteiger charge is 2.33. The van der Waals surface area contributed by atoms with Gasteiger partial charge in [-0.3, -0.25) is 0 Å². The summed E-state index contributed by atoms with van der Waals surface area (Å²) in [5.41, 5.74) is -0.980. The van der Waals surface area contributed by atoms with Crippen LogP contribution < -0.4 is 4.90 Å². The monoisotopic (exact) mass is 295 g/mol. The fourth-order valence-corrected chi connectivity index (χ4v) is 2.12. The number of aromatic nitrogens is 2. The number of alkyl halides is 4. The first-order valence-corrected chi connectivity index (χ1v) is 6.71. The summed E-state index contributed by atoms with van der Waals surface area (Å²) < 4.78 is 37.3. The Morgan fingerprint density at radius 3 is 2.21 bits per heavy atom. The van der Waals surface area contributed by atoms with Gasteiger partial charge in [-0.15, -0.1) is 21.8 Å². The molecule has 0 amide bonds. The van der Waals surface area contributed by atoms with Crippen LogP contribution in [-0.2, 0) is 6.18 Å². The van der Waals surface area contributed by atoms with Crippen molar-refractivity contribution in [2.45, 2.75) is 38.9 Å². The molecule has 1 heterocycles. The van der Waals surface area contributed by atoms with Gasteiger partial charge in [-0.1, -0.05) is 13.8 Å². The van der Waals surface area contributed by atoms with E-state index in [4.69, 9.17) is 11.6 Å². The van der Waals surface area contributed by atoms with Crippen molar-refractivity contribution in [2.75, 3.05) is 17.3 Å². The third-order valence-corrected chi connectivity index (χ3v) is 3.11. The predicted molar refractivity (Wildman–Crippen MR) is 69.5 cm³/mol. The van der Waals surface area contributed by atoms with Gasteiger partial charge >= 0.3 is 6.18 Å². The highest BCUT2D eigenvalue weighted by atomic mass is 35.5. The number of anilines is 1. The Kier molecular flexibility index (Phi) is 5.85. The zero-order valence-corrected chi connectivity index (χ0v) is 11.7. The molecular weight excluding hydrogens is 279 g/mol. The maximum Gasteiger partial charge on any atom is 0.435 e. The van der Waals surface area contributed by atoms with Gasteiger partial charge in [0.15, 0.2) is 11.5 Å². The highest BCUT2D eigenvalue weighted by molar-refractivity contribution is 6.18. The molecule has 0 unspecified atom stereocenters. The van der Waals surface area contributed by atoms with E-state index in [1.165, 1.54) is 6.07 Å². The van der Waals surface area contributed by atoms with Gasteiger partial charge in [0.25, 0.3) is 0 Å². The number of hydrogen-bond acceptors (Lipinski definition) is 3. The van der Waals surface area contributed by atoms with Gasteiger partial charge in [0.2, 0.25) is 0 Å². The second-order valence-corrected chi connectivity index (χ2v) is 4.51. The van der Waals surface area contributed by atoms with E-state index in [1.807, 2.05) is 18.7 Å².